The van der Waals surface area contributed by atoms with Crippen molar-refractivity contribution in [2.24, 2.45) is 5.10 Å². The zero-order chi connectivity index (χ0) is 15.4. The van der Waals surface area contributed by atoms with Gasteiger partial charge in [0, 0.05) is 28.9 Å². The molecule has 0 amide bonds. The number of phenols is 1. The highest BCUT2D eigenvalue weighted by atomic mass is 32.1. The highest BCUT2D eigenvalue weighted by Crippen LogP contribution is 2.26. The number of rotatable bonds is 4. The predicted octanol–water partition coefficient (Wildman–Crippen LogP) is 3.75. The van der Waals surface area contributed by atoms with Crippen LogP contribution in [0.1, 0.15) is 12.5 Å². The quantitative estimate of drug-likeness (QED) is 0.569. The average molecular weight is 310 g/mol. The van der Waals surface area contributed by atoms with Crippen molar-refractivity contribution in [3.05, 3.63) is 59.7 Å². The minimum absolute atomic E-state index is 0.245. The third-order valence-electron chi connectivity index (χ3n) is 3.08. The molecule has 3 rings (SSSR count). The number of thiazole rings is 1. The molecule has 2 heterocycles. The third-order valence-corrected chi connectivity index (χ3v) is 3.83. The van der Waals surface area contributed by atoms with Crippen molar-refractivity contribution in [1.82, 2.24) is 9.97 Å². The number of hydrazone groups is 1. The molecule has 0 saturated heterocycles. The monoisotopic (exact) mass is 310 g/mol. The summed E-state index contributed by atoms with van der Waals surface area (Å²) in [5.74, 6) is 0.245. The molecule has 2 N–H and O–H groups in total. The minimum atomic E-state index is 0.245. The van der Waals surface area contributed by atoms with Gasteiger partial charge in [-0.2, -0.15) is 5.10 Å². The first kappa shape index (κ1) is 14.2. The van der Waals surface area contributed by atoms with E-state index in [9.17, 15) is 5.11 Å². The van der Waals surface area contributed by atoms with Gasteiger partial charge in [-0.15, -0.1) is 11.3 Å². The van der Waals surface area contributed by atoms with Crippen molar-refractivity contribution in [2.75, 3.05) is 5.43 Å². The molecule has 2 aromatic heterocycles. The Hall–Kier alpha value is -2.73. The molecule has 1 aromatic carbocycles. The van der Waals surface area contributed by atoms with E-state index < -0.39 is 0 Å². The molecule has 0 radical (unpaired) electrons. The lowest BCUT2D eigenvalue weighted by atomic mass is 10.2. The number of pyridine rings is 1. The second-order valence-electron chi connectivity index (χ2n) is 4.63. The number of aromatic nitrogens is 2. The molecule has 5 nitrogen and oxygen atoms in total. The number of phenolic OH excluding ortho intramolecular Hbond substituents is 1. The van der Waals surface area contributed by atoms with Crippen molar-refractivity contribution in [3.8, 4) is 17.0 Å². The Morgan fingerprint density at radius 3 is 2.59 bits per heavy atom. The first-order chi connectivity index (χ1) is 10.7. The number of hydrogen-bond acceptors (Lipinski definition) is 6. The number of aromatic hydroxyl groups is 1. The van der Waals surface area contributed by atoms with E-state index in [1.54, 1.807) is 24.5 Å². The number of nitrogens with zero attached hydrogens (tertiary/aromatic N) is 3. The lowest BCUT2D eigenvalue weighted by Crippen LogP contribution is -1.99. The molecule has 0 aliphatic heterocycles. The Balaban J connectivity index is 1.73. The van der Waals surface area contributed by atoms with Crippen molar-refractivity contribution in [3.63, 3.8) is 0 Å². The average Bonchev–Trinajstić information content (AvgIpc) is 3.03. The number of hydrogen-bond donors (Lipinski definition) is 2. The van der Waals surface area contributed by atoms with Gasteiger partial charge in [-0.1, -0.05) is 0 Å². The van der Waals surface area contributed by atoms with Crippen LogP contribution in [0.5, 0.6) is 5.75 Å². The minimum Gasteiger partial charge on any atom is -0.508 e. The molecule has 0 bridgehead atoms. The summed E-state index contributed by atoms with van der Waals surface area (Å²) in [7, 11) is 0. The fourth-order valence-corrected chi connectivity index (χ4v) is 2.54. The van der Waals surface area contributed by atoms with Crippen LogP contribution in [-0.2, 0) is 0 Å². The standard InChI is InChI=1S/C16H14N4OS/c1-11(12-6-8-17-9-7-12)19-20-16-18-15(10-22-16)13-2-4-14(21)5-3-13/h2-10,21H,1H3,(H,18,20)/b19-11-. The van der Waals surface area contributed by atoms with Crippen molar-refractivity contribution >= 4 is 22.2 Å². The summed E-state index contributed by atoms with van der Waals surface area (Å²) in [6.07, 6.45) is 3.47. The molecular formula is C16H14N4OS. The summed E-state index contributed by atoms with van der Waals surface area (Å²) in [5.41, 5.74) is 6.65. The Bertz CT molecular complexity index is 781. The van der Waals surface area contributed by atoms with E-state index in [1.807, 2.05) is 36.6 Å². The largest absolute Gasteiger partial charge is 0.508 e. The van der Waals surface area contributed by atoms with Crippen LogP contribution in [0.3, 0.4) is 0 Å². The van der Waals surface area contributed by atoms with Crippen LogP contribution in [0.25, 0.3) is 11.3 Å². The van der Waals surface area contributed by atoms with Gasteiger partial charge in [-0.3, -0.25) is 10.4 Å². The summed E-state index contributed by atoms with van der Waals surface area (Å²) >= 11 is 1.48. The lowest BCUT2D eigenvalue weighted by Gasteiger charge is -2.00. The van der Waals surface area contributed by atoms with Crippen molar-refractivity contribution in [1.29, 1.82) is 0 Å². The lowest BCUT2D eigenvalue weighted by molar-refractivity contribution is 0.475. The molecule has 22 heavy (non-hydrogen) atoms. The molecule has 110 valence electrons. The highest BCUT2D eigenvalue weighted by molar-refractivity contribution is 7.14. The maximum atomic E-state index is 9.31. The van der Waals surface area contributed by atoms with Gasteiger partial charge in [-0.25, -0.2) is 4.98 Å². The Kier molecular flexibility index (Phi) is 4.11. The summed E-state index contributed by atoms with van der Waals surface area (Å²) in [5, 5.41) is 16.3. The molecule has 0 fully saturated rings. The van der Waals surface area contributed by atoms with Gasteiger partial charge in [0.05, 0.1) is 11.4 Å². The fourth-order valence-electron chi connectivity index (χ4n) is 1.88. The maximum Gasteiger partial charge on any atom is 0.203 e. The summed E-state index contributed by atoms with van der Waals surface area (Å²) < 4.78 is 0. The van der Waals surface area contributed by atoms with Gasteiger partial charge in [0.15, 0.2) is 0 Å². The Morgan fingerprint density at radius 2 is 1.86 bits per heavy atom. The normalized spacial score (nSPS) is 11.4. The van der Waals surface area contributed by atoms with Crippen LogP contribution in [0.15, 0.2) is 59.3 Å². The first-order valence-corrected chi connectivity index (χ1v) is 7.56. The summed E-state index contributed by atoms with van der Waals surface area (Å²) in [6, 6.07) is 10.8. The molecule has 0 aliphatic rings. The van der Waals surface area contributed by atoms with Crippen molar-refractivity contribution < 1.29 is 5.11 Å². The van der Waals surface area contributed by atoms with E-state index in [4.69, 9.17) is 0 Å². The smallest absolute Gasteiger partial charge is 0.203 e. The van der Waals surface area contributed by atoms with Crippen LogP contribution < -0.4 is 5.43 Å². The van der Waals surface area contributed by atoms with Gasteiger partial charge in [-0.05, 0) is 43.3 Å². The molecule has 0 spiro atoms. The molecule has 0 aliphatic carbocycles. The van der Waals surface area contributed by atoms with Gasteiger partial charge in [0.25, 0.3) is 0 Å². The molecule has 3 aromatic rings. The van der Waals surface area contributed by atoms with E-state index in [-0.39, 0.29) is 5.75 Å². The van der Waals surface area contributed by atoms with Crippen molar-refractivity contribution in [2.45, 2.75) is 6.92 Å². The second-order valence-corrected chi connectivity index (χ2v) is 5.49. The van der Waals surface area contributed by atoms with E-state index in [0.29, 0.717) is 0 Å². The molecular weight excluding hydrogens is 296 g/mol. The number of anilines is 1. The zero-order valence-corrected chi connectivity index (χ0v) is 12.7. The summed E-state index contributed by atoms with van der Waals surface area (Å²) in [4.78, 5) is 8.47. The van der Waals surface area contributed by atoms with Crippen LogP contribution >= 0.6 is 11.3 Å². The number of benzene rings is 1. The van der Waals surface area contributed by atoms with Crippen LogP contribution in [0, 0.1) is 0 Å². The van der Waals surface area contributed by atoms with Crippen LogP contribution in [0.2, 0.25) is 0 Å². The fraction of sp³-hybridized carbons (Fsp3) is 0.0625. The Morgan fingerprint density at radius 1 is 1.14 bits per heavy atom. The van der Waals surface area contributed by atoms with E-state index >= 15 is 0 Å². The zero-order valence-electron chi connectivity index (χ0n) is 11.9. The van der Waals surface area contributed by atoms with Gasteiger partial charge < -0.3 is 5.11 Å². The number of nitrogens with one attached hydrogen (secondary N) is 1. The van der Waals surface area contributed by atoms with E-state index in [2.05, 4.69) is 20.5 Å². The molecule has 0 unspecified atom stereocenters. The summed E-state index contributed by atoms with van der Waals surface area (Å²) in [6.45, 7) is 1.93. The first-order valence-electron chi connectivity index (χ1n) is 6.68. The second kappa shape index (κ2) is 6.36. The van der Waals surface area contributed by atoms with Crippen LogP contribution in [0.4, 0.5) is 5.13 Å². The third kappa shape index (κ3) is 3.29. The predicted molar refractivity (Wildman–Crippen MR) is 89.3 cm³/mol. The van der Waals surface area contributed by atoms with Gasteiger partial charge in [0.2, 0.25) is 5.13 Å². The van der Waals surface area contributed by atoms with Gasteiger partial charge in [0.1, 0.15) is 5.75 Å². The SMILES string of the molecule is C/C(=N/Nc1nc(-c2ccc(O)cc2)cs1)c1ccncc1. The maximum absolute atomic E-state index is 9.31. The van der Waals surface area contributed by atoms with Gasteiger partial charge >= 0.3 is 0 Å². The van der Waals surface area contributed by atoms with E-state index in [0.717, 1.165) is 27.7 Å². The molecule has 0 atom stereocenters. The topological polar surface area (TPSA) is 70.4 Å². The molecule has 6 heteroatoms. The van der Waals surface area contributed by atoms with E-state index in [1.165, 1.54) is 11.3 Å². The van der Waals surface area contributed by atoms with Crippen LogP contribution in [-0.4, -0.2) is 20.8 Å². The highest BCUT2D eigenvalue weighted by Gasteiger charge is 2.04. The Labute approximate surface area is 132 Å². The molecule has 0 saturated carbocycles.